The van der Waals surface area contributed by atoms with Gasteiger partial charge < -0.3 is 15.4 Å². The fraction of sp³-hybridized carbons (Fsp3) is 0.800. The second-order valence-corrected chi connectivity index (χ2v) is 3.87. The van der Waals surface area contributed by atoms with Crippen molar-refractivity contribution in [3.63, 3.8) is 0 Å². The van der Waals surface area contributed by atoms with Crippen molar-refractivity contribution in [1.82, 2.24) is 4.90 Å². The van der Waals surface area contributed by atoms with E-state index in [1.807, 2.05) is 0 Å². The summed E-state index contributed by atoms with van der Waals surface area (Å²) in [6.07, 6.45) is 1.38. The number of nitrogens with two attached hydrogens (primary N) is 1. The van der Waals surface area contributed by atoms with Crippen LogP contribution in [0.3, 0.4) is 0 Å². The van der Waals surface area contributed by atoms with Gasteiger partial charge in [0.15, 0.2) is 0 Å². The Kier molecular flexibility index (Phi) is 4.08. The molecule has 0 aliphatic carbocycles. The van der Waals surface area contributed by atoms with Crippen LogP contribution in [-0.2, 0) is 14.3 Å². The number of hydrogen-bond donors (Lipinski definition) is 1. The Morgan fingerprint density at radius 1 is 1.60 bits per heavy atom. The van der Waals surface area contributed by atoms with Gasteiger partial charge in [-0.2, -0.15) is 0 Å². The average Bonchev–Trinajstić information content (AvgIpc) is 2.33. The molecule has 86 valence electrons. The highest BCUT2D eigenvalue weighted by molar-refractivity contribution is 5.81. The number of carbonyl (C=O) groups excluding carboxylic acids is 2. The van der Waals surface area contributed by atoms with Gasteiger partial charge in [-0.15, -0.1) is 0 Å². The molecule has 1 saturated heterocycles. The highest BCUT2D eigenvalue weighted by Crippen LogP contribution is 2.13. The van der Waals surface area contributed by atoms with Crippen LogP contribution >= 0.6 is 0 Å². The summed E-state index contributed by atoms with van der Waals surface area (Å²) in [4.78, 5) is 24.1. The molecule has 5 heteroatoms. The molecule has 1 aliphatic heterocycles. The lowest BCUT2D eigenvalue weighted by molar-refractivity contribution is -0.150. The van der Waals surface area contributed by atoms with Gasteiger partial charge >= 0.3 is 5.97 Å². The van der Waals surface area contributed by atoms with E-state index in [1.165, 1.54) is 4.90 Å². The molecule has 1 amide bonds. The maximum Gasteiger partial charge on any atom is 0.305 e. The van der Waals surface area contributed by atoms with Crippen LogP contribution in [0.25, 0.3) is 0 Å². The molecule has 0 aromatic rings. The number of rotatable bonds is 2. The van der Waals surface area contributed by atoms with Crippen LogP contribution in [-0.4, -0.2) is 42.5 Å². The van der Waals surface area contributed by atoms with Crippen LogP contribution < -0.4 is 5.73 Å². The Bertz CT molecular complexity index is 255. The van der Waals surface area contributed by atoms with Crippen LogP contribution in [0.2, 0.25) is 0 Å². The van der Waals surface area contributed by atoms with E-state index < -0.39 is 6.04 Å². The van der Waals surface area contributed by atoms with Crippen molar-refractivity contribution < 1.29 is 14.3 Å². The van der Waals surface area contributed by atoms with Gasteiger partial charge in [-0.25, -0.2) is 0 Å². The van der Waals surface area contributed by atoms with E-state index >= 15 is 0 Å². The number of amides is 1. The van der Waals surface area contributed by atoms with E-state index in [9.17, 15) is 9.59 Å². The Hall–Kier alpha value is -1.10. The first-order chi connectivity index (χ1) is 7.04. The van der Waals surface area contributed by atoms with Crippen molar-refractivity contribution in [3.05, 3.63) is 0 Å². The number of likely N-dealkylation sites (tertiary alicyclic amines) is 1. The summed E-state index contributed by atoms with van der Waals surface area (Å²) in [6, 6.07) is -0.458. The van der Waals surface area contributed by atoms with Gasteiger partial charge in [0.25, 0.3) is 0 Å². The van der Waals surface area contributed by atoms with E-state index in [-0.39, 0.29) is 18.0 Å². The Labute approximate surface area is 89.6 Å². The molecule has 0 radical (unpaired) electrons. The topological polar surface area (TPSA) is 72.6 Å². The van der Waals surface area contributed by atoms with Crippen LogP contribution in [0.1, 0.15) is 26.2 Å². The summed E-state index contributed by atoms with van der Waals surface area (Å²) in [7, 11) is 1.68. The average molecular weight is 214 g/mol. The van der Waals surface area contributed by atoms with Crippen LogP contribution in [0, 0.1) is 0 Å². The molecule has 15 heavy (non-hydrogen) atoms. The molecule has 0 aromatic heterocycles. The Balaban J connectivity index is 2.55. The molecule has 1 rings (SSSR count). The monoisotopic (exact) mass is 214 g/mol. The summed E-state index contributed by atoms with van der Waals surface area (Å²) >= 11 is 0. The number of hydrogen-bond acceptors (Lipinski definition) is 4. The number of likely N-dealkylation sites (N-methyl/N-ethyl adjacent to an activating group) is 1. The third-order valence-electron chi connectivity index (χ3n) is 2.56. The van der Waals surface area contributed by atoms with E-state index in [0.717, 1.165) is 0 Å². The number of carbonyl (C=O) groups is 2. The van der Waals surface area contributed by atoms with Gasteiger partial charge in [-0.3, -0.25) is 9.59 Å². The molecule has 5 nitrogen and oxygen atoms in total. The molecule has 2 atom stereocenters. The van der Waals surface area contributed by atoms with E-state index in [4.69, 9.17) is 10.5 Å². The standard InChI is InChI=1S/C10H18N2O3/c1-3-9(13)15-7-4-5-8(11)10(14)12(2)6-7/h7-8H,3-6,11H2,1-2H3. The zero-order chi connectivity index (χ0) is 11.4. The number of ether oxygens (including phenoxy) is 1. The van der Waals surface area contributed by atoms with Crippen molar-refractivity contribution in [3.8, 4) is 0 Å². The molecule has 2 N–H and O–H groups in total. The Morgan fingerprint density at radius 3 is 2.87 bits per heavy atom. The molecular weight excluding hydrogens is 196 g/mol. The minimum Gasteiger partial charge on any atom is -0.460 e. The second kappa shape index (κ2) is 5.11. The highest BCUT2D eigenvalue weighted by Gasteiger charge is 2.27. The normalized spacial score (nSPS) is 27.4. The molecule has 1 fully saturated rings. The number of esters is 1. The molecule has 0 spiro atoms. The van der Waals surface area contributed by atoms with Crippen molar-refractivity contribution in [2.75, 3.05) is 13.6 Å². The van der Waals surface area contributed by atoms with Crippen molar-refractivity contribution in [1.29, 1.82) is 0 Å². The minimum atomic E-state index is -0.458. The van der Waals surface area contributed by atoms with Crippen molar-refractivity contribution in [2.45, 2.75) is 38.3 Å². The molecule has 1 heterocycles. The lowest BCUT2D eigenvalue weighted by Gasteiger charge is -2.20. The van der Waals surface area contributed by atoms with E-state index in [1.54, 1.807) is 14.0 Å². The fourth-order valence-electron chi connectivity index (χ4n) is 1.62. The van der Waals surface area contributed by atoms with Gasteiger partial charge in [-0.1, -0.05) is 6.92 Å². The predicted octanol–water partition coefficient (Wildman–Crippen LogP) is -0.112. The summed E-state index contributed by atoms with van der Waals surface area (Å²) in [5, 5.41) is 0. The lowest BCUT2D eigenvalue weighted by Crippen LogP contribution is -2.41. The molecular formula is C10H18N2O3. The smallest absolute Gasteiger partial charge is 0.305 e. The first-order valence-electron chi connectivity index (χ1n) is 5.24. The van der Waals surface area contributed by atoms with Gasteiger partial charge in [-0.05, 0) is 12.8 Å². The summed E-state index contributed by atoms with van der Waals surface area (Å²) in [5.41, 5.74) is 5.66. The largest absolute Gasteiger partial charge is 0.460 e. The van der Waals surface area contributed by atoms with Crippen LogP contribution in [0.4, 0.5) is 0 Å². The highest BCUT2D eigenvalue weighted by atomic mass is 16.5. The quantitative estimate of drug-likeness (QED) is 0.651. The Morgan fingerprint density at radius 2 is 2.27 bits per heavy atom. The van der Waals surface area contributed by atoms with E-state index in [2.05, 4.69) is 0 Å². The molecule has 0 saturated carbocycles. The predicted molar refractivity (Wildman–Crippen MR) is 55.0 cm³/mol. The van der Waals surface area contributed by atoms with Gasteiger partial charge in [0.1, 0.15) is 6.10 Å². The van der Waals surface area contributed by atoms with Gasteiger partial charge in [0, 0.05) is 13.5 Å². The maximum absolute atomic E-state index is 11.5. The molecule has 1 aliphatic rings. The molecule has 0 bridgehead atoms. The third kappa shape index (κ3) is 3.20. The van der Waals surface area contributed by atoms with Crippen molar-refractivity contribution >= 4 is 11.9 Å². The molecule has 0 aromatic carbocycles. The first-order valence-corrected chi connectivity index (χ1v) is 5.24. The van der Waals surface area contributed by atoms with Gasteiger partial charge in [0.2, 0.25) is 5.91 Å². The zero-order valence-electron chi connectivity index (χ0n) is 9.23. The van der Waals surface area contributed by atoms with Crippen LogP contribution in [0.5, 0.6) is 0 Å². The second-order valence-electron chi connectivity index (χ2n) is 3.87. The SMILES string of the molecule is CCC(=O)OC1CCC(N)C(=O)N(C)C1. The fourth-order valence-corrected chi connectivity index (χ4v) is 1.62. The van der Waals surface area contributed by atoms with Gasteiger partial charge in [0.05, 0.1) is 12.6 Å². The van der Waals surface area contributed by atoms with Crippen LogP contribution in [0.15, 0.2) is 0 Å². The minimum absolute atomic E-state index is 0.0787. The summed E-state index contributed by atoms with van der Waals surface area (Å²) in [6.45, 7) is 2.19. The lowest BCUT2D eigenvalue weighted by atomic mass is 10.1. The third-order valence-corrected chi connectivity index (χ3v) is 2.56. The zero-order valence-corrected chi connectivity index (χ0v) is 9.23. The summed E-state index contributed by atoms with van der Waals surface area (Å²) in [5.74, 6) is -0.304. The van der Waals surface area contributed by atoms with E-state index in [0.29, 0.717) is 25.8 Å². The maximum atomic E-state index is 11.5. The number of nitrogens with zero attached hydrogens (tertiary/aromatic N) is 1. The summed E-state index contributed by atoms with van der Waals surface area (Å²) < 4.78 is 5.20. The molecule has 2 unspecified atom stereocenters. The van der Waals surface area contributed by atoms with Crippen molar-refractivity contribution in [2.24, 2.45) is 5.73 Å². The first kappa shape index (κ1) is 12.0.